The smallest absolute Gasteiger partial charge is 0.282 e. The Morgan fingerprint density at radius 1 is 1.20 bits per heavy atom. The van der Waals surface area contributed by atoms with E-state index in [0.29, 0.717) is 23.7 Å². The average molecular weight is 365 g/mol. The van der Waals surface area contributed by atoms with Crippen molar-refractivity contribution in [1.29, 1.82) is 0 Å². The van der Waals surface area contributed by atoms with Gasteiger partial charge in [-0.2, -0.15) is 17.0 Å². The maximum atomic E-state index is 12.9. The molecule has 1 N–H and O–H groups in total. The molecule has 1 atom stereocenters. The molecule has 25 heavy (non-hydrogen) atoms. The third kappa shape index (κ3) is 3.78. The monoisotopic (exact) mass is 365 g/mol. The van der Waals surface area contributed by atoms with Gasteiger partial charge in [0.2, 0.25) is 0 Å². The van der Waals surface area contributed by atoms with Crippen LogP contribution in [0.2, 0.25) is 0 Å². The first-order chi connectivity index (χ1) is 11.9. The van der Waals surface area contributed by atoms with Gasteiger partial charge in [0.05, 0.1) is 29.8 Å². The van der Waals surface area contributed by atoms with E-state index in [1.807, 2.05) is 6.07 Å². The van der Waals surface area contributed by atoms with Gasteiger partial charge in [-0.1, -0.05) is 0 Å². The number of halogens is 1. The van der Waals surface area contributed by atoms with E-state index >= 15 is 0 Å². The Morgan fingerprint density at radius 2 is 2.00 bits per heavy atom. The van der Waals surface area contributed by atoms with Crippen LogP contribution in [0.15, 0.2) is 36.7 Å². The van der Waals surface area contributed by atoms with Crippen molar-refractivity contribution in [3.8, 4) is 0 Å². The molecule has 0 aliphatic carbocycles. The van der Waals surface area contributed by atoms with Crippen molar-refractivity contribution >= 4 is 21.7 Å². The first-order valence-electron chi connectivity index (χ1n) is 7.92. The standard InChI is InChI=1S/C16H20FN5O2S/c1-21(2)25(23,24)22-9-3-4-15(22)14-7-6-13(11-18-14)20-16-8-5-12(17)10-19-16/h5-8,10-11,15H,3-4,9H2,1-2H3,(H,19,20)/t15-/m0/s1. The SMILES string of the molecule is CN(C)S(=O)(=O)N1CCC[C@H]1c1ccc(Nc2ccc(F)cn2)cn1. The summed E-state index contributed by atoms with van der Waals surface area (Å²) < 4.78 is 40.4. The summed E-state index contributed by atoms with van der Waals surface area (Å²) in [6.45, 7) is 0.492. The molecule has 0 bridgehead atoms. The number of nitrogens with one attached hydrogen (secondary N) is 1. The molecule has 0 aromatic carbocycles. The van der Waals surface area contributed by atoms with E-state index in [9.17, 15) is 12.8 Å². The topological polar surface area (TPSA) is 78.4 Å². The lowest BCUT2D eigenvalue weighted by atomic mass is 10.1. The van der Waals surface area contributed by atoms with Gasteiger partial charge in [-0.15, -0.1) is 0 Å². The fourth-order valence-electron chi connectivity index (χ4n) is 2.80. The molecule has 3 rings (SSSR count). The molecule has 0 radical (unpaired) electrons. The van der Waals surface area contributed by atoms with Gasteiger partial charge in [0, 0.05) is 20.6 Å². The Balaban J connectivity index is 1.76. The Labute approximate surface area is 146 Å². The lowest BCUT2D eigenvalue weighted by Gasteiger charge is -2.26. The Hall–Kier alpha value is -2.10. The van der Waals surface area contributed by atoms with E-state index in [1.54, 1.807) is 12.3 Å². The molecule has 1 fully saturated rings. The van der Waals surface area contributed by atoms with Crippen molar-refractivity contribution in [2.45, 2.75) is 18.9 Å². The number of hydrogen-bond donors (Lipinski definition) is 1. The second-order valence-corrected chi connectivity index (χ2v) is 8.11. The lowest BCUT2D eigenvalue weighted by Crippen LogP contribution is -2.39. The first kappa shape index (κ1) is 17.7. The summed E-state index contributed by atoms with van der Waals surface area (Å²) in [6, 6.07) is 6.21. The quantitative estimate of drug-likeness (QED) is 0.880. The Bertz CT molecular complexity index is 825. The molecule has 2 aromatic heterocycles. The van der Waals surface area contributed by atoms with Crippen molar-refractivity contribution < 1.29 is 12.8 Å². The summed E-state index contributed by atoms with van der Waals surface area (Å²) in [6.07, 6.45) is 4.30. The average Bonchev–Trinajstić information content (AvgIpc) is 3.08. The van der Waals surface area contributed by atoms with Crippen LogP contribution >= 0.6 is 0 Å². The van der Waals surface area contributed by atoms with Gasteiger partial charge in [0.25, 0.3) is 10.2 Å². The Kier molecular flexibility index (Phi) is 4.98. The van der Waals surface area contributed by atoms with Crippen LogP contribution in [0.1, 0.15) is 24.6 Å². The highest BCUT2D eigenvalue weighted by molar-refractivity contribution is 7.86. The molecular weight excluding hydrogens is 345 g/mol. The maximum Gasteiger partial charge on any atom is 0.282 e. The highest BCUT2D eigenvalue weighted by Gasteiger charge is 2.37. The molecule has 0 spiro atoms. The lowest BCUT2D eigenvalue weighted by molar-refractivity contribution is 0.358. The van der Waals surface area contributed by atoms with Crippen LogP contribution in [-0.2, 0) is 10.2 Å². The minimum Gasteiger partial charge on any atom is -0.339 e. The maximum absolute atomic E-state index is 12.9. The van der Waals surface area contributed by atoms with Gasteiger partial charge in [-0.05, 0) is 37.1 Å². The van der Waals surface area contributed by atoms with Crippen LogP contribution in [0, 0.1) is 5.82 Å². The third-order valence-electron chi connectivity index (χ3n) is 4.09. The number of nitrogens with zero attached hydrogens (tertiary/aromatic N) is 4. The van der Waals surface area contributed by atoms with Gasteiger partial charge >= 0.3 is 0 Å². The van der Waals surface area contributed by atoms with Crippen molar-refractivity contribution in [2.24, 2.45) is 0 Å². The summed E-state index contributed by atoms with van der Waals surface area (Å²) in [5, 5.41) is 3.03. The van der Waals surface area contributed by atoms with Gasteiger partial charge < -0.3 is 5.32 Å². The minimum absolute atomic E-state index is 0.259. The predicted molar refractivity (Wildman–Crippen MR) is 93.0 cm³/mol. The van der Waals surface area contributed by atoms with Gasteiger partial charge in [0.1, 0.15) is 11.6 Å². The molecule has 2 aromatic rings. The number of pyridine rings is 2. The number of hydrogen-bond acceptors (Lipinski definition) is 5. The normalized spacial score (nSPS) is 18.6. The van der Waals surface area contributed by atoms with Crippen molar-refractivity contribution in [2.75, 3.05) is 26.0 Å². The first-order valence-corrected chi connectivity index (χ1v) is 9.31. The molecule has 7 nitrogen and oxygen atoms in total. The summed E-state index contributed by atoms with van der Waals surface area (Å²) in [5.74, 6) is 0.107. The second kappa shape index (κ2) is 7.03. The molecule has 134 valence electrons. The van der Waals surface area contributed by atoms with E-state index in [1.165, 1.54) is 34.8 Å². The molecule has 1 aliphatic rings. The number of aromatic nitrogens is 2. The molecule has 0 amide bonds. The van der Waals surface area contributed by atoms with E-state index in [-0.39, 0.29) is 6.04 Å². The van der Waals surface area contributed by atoms with Crippen LogP contribution in [0.25, 0.3) is 0 Å². The number of rotatable bonds is 5. The van der Waals surface area contributed by atoms with E-state index in [4.69, 9.17) is 0 Å². The highest BCUT2D eigenvalue weighted by atomic mass is 32.2. The highest BCUT2D eigenvalue weighted by Crippen LogP contribution is 2.34. The van der Waals surface area contributed by atoms with Crippen LogP contribution in [0.4, 0.5) is 15.9 Å². The molecule has 0 unspecified atom stereocenters. The van der Waals surface area contributed by atoms with Gasteiger partial charge in [-0.3, -0.25) is 4.98 Å². The minimum atomic E-state index is -3.47. The van der Waals surface area contributed by atoms with Crippen molar-refractivity contribution in [3.63, 3.8) is 0 Å². The van der Waals surface area contributed by atoms with E-state index in [0.717, 1.165) is 19.0 Å². The third-order valence-corrected chi connectivity index (χ3v) is 6.04. The summed E-state index contributed by atoms with van der Waals surface area (Å²) in [4.78, 5) is 8.34. The zero-order valence-electron chi connectivity index (χ0n) is 14.1. The summed E-state index contributed by atoms with van der Waals surface area (Å²) >= 11 is 0. The van der Waals surface area contributed by atoms with Crippen molar-refractivity contribution in [3.05, 3.63) is 48.2 Å². The van der Waals surface area contributed by atoms with Gasteiger partial charge in [-0.25, -0.2) is 9.37 Å². The van der Waals surface area contributed by atoms with Crippen LogP contribution < -0.4 is 5.32 Å². The summed E-state index contributed by atoms with van der Waals surface area (Å²) in [5.41, 5.74) is 1.41. The van der Waals surface area contributed by atoms with E-state index < -0.39 is 16.0 Å². The molecular formula is C16H20FN5O2S. The number of anilines is 2. The molecule has 1 saturated heterocycles. The second-order valence-electron chi connectivity index (χ2n) is 6.02. The van der Waals surface area contributed by atoms with E-state index in [2.05, 4.69) is 15.3 Å². The fourth-order valence-corrected chi connectivity index (χ4v) is 4.11. The van der Waals surface area contributed by atoms with Crippen LogP contribution in [0.3, 0.4) is 0 Å². The largest absolute Gasteiger partial charge is 0.339 e. The molecule has 3 heterocycles. The molecule has 9 heteroatoms. The van der Waals surface area contributed by atoms with Crippen LogP contribution in [-0.4, -0.2) is 47.6 Å². The van der Waals surface area contributed by atoms with Crippen molar-refractivity contribution in [1.82, 2.24) is 18.6 Å². The summed E-state index contributed by atoms with van der Waals surface area (Å²) in [7, 11) is -0.414. The van der Waals surface area contributed by atoms with Crippen LogP contribution in [0.5, 0.6) is 0 Å². The predicted octanol–water partition coefficient (Wildman–Crippen LogP) is 2.30. The zero-order chi connectivity index (χ0) is 18.0. The zero-order valence-corrected chi connectivity index (χ0v) is 14.9. The molecule has 1 aliphatic heterocycles. The fraction of sp³-hybridized carbons (Fsp3) is 0.375. The Morgan fingerprint density at radius 3 is 2.60 bits per heavy atom. The van der Waals surface area contributed by atoms with Gasteiger partial charge in [0.15, 0.2) is 0 Å². The molecule has 0 saturated carbocycles.